The van der Waals surface area contributed by atoms with E-state index in [-0.39, 0.29) is 24.0 Å². The largest absolute Gasteiger partial charge is 0.489 e. The summed E-state index contributed by atoms with van der Waals surface area (Å²) in [6, 6.07) is 10.0. The summed E-state index contributed by atoms with van der Waals surface area (Å²) in [5.41, 5.74) is 2.30. The summed E-state index contributed by atoms with van der Waals surface area (Å²) in [4.78, 5) is 38.5. The number of aromatic amines is 1. The number of aryl methyl sites for hydroxylation is 1. The Kier molecular flexibility index (Phi) is 4.15. The summed E-state index contributed by atoms with van der Waals surface area (Å²) in [7, 11) is 0. The van der Waals surface area contributed by atoms with E-state index in [4.69, 9.17) is 4.74 Å². The van der Waals surface area contributed by atoms with E-state index in [1.54, 1.807) is 6.20 Å². The molecule has 0 radical (unpaired) electrons. The van der Waals surface area contributed by atoms with Crippen LogP contribution < -0.4 is 20.9 Å². The first-order chi connectivity index (χ1) is 15.1. The molecule has 3 aromatic heterocycles. The van der Waals surface area contributed by atoms with Gasteiger partial charge >= 0.3 is 5.69 Å². The number of anilines is 1. The first kappa shape index (κ1) is 18.6. The SMILES string of the molecule is Cc1cccc2c1N1CCN(Cn3c(=O)[nH]c4c(sc5ncccc54)c3=O)CC1CO2. The van der Waals surface area contributed by atoms with Crippen molar-refractivity contribution in [2.75, 3.05) is 31.1 Å². The smallest absolute Gasteiger partial charge is 0.330 e. The molecule has 6 rings (SSSR count). The highest BCUT2D eigenvalue weighted by atomic mass is 32.1. The predicted molar refractivity (Wildman–Crippen MR) is 121 cm³/mol. The summed E-state index contributed by atoms with van der Waals surface area (Å²) < 4.78 is 7.84. The molecule has 1 fully saturated rings. The maximum atomic E-state index is 13.1. The first-order valence-electron chi connectivity index (χ1n) is 10.3. The Bertz CT molecular complexity index is 1440. The number of aromatic nitrogens is 3. The van der Waals surface area contributed by atoms with Crippen LogP contribution in [0.4, 0.5) is 5.69 Å². The van der Waals surface area contributed by atoms with Gasteiger partial charge in [-0.2, -0.15) is 0 Å². The Labute approximate surface area is 181 Å². The van der Waals surface area contributed by atoms with Gasteiger partial charge in [0.2, 0.25) is 0 Å². The molecule has 1 saturated heterocycles. The highest BCUT2D eigenvalue weighted by Gasteiger charge is 2.34. The number of H-pyrrole nitrogens is 1. The first-order valence-corrected chi connectivity index (χ1v) is 11.1. The summed E-state index contributed by atoms with van der Waals surface area (Å²) in [5, 5.41) is 0.811. The van der Waals surface area contributed by atoms with E-state index < -0.39 is 0 Å². The molecule has 158 valence electrons. The fraction of sp³-hybridized carbons (Fsp3) is 0.318. The lowest BCUT2D eigenvalue weighted by Gasteiger charge is -2.46. The molecule has 1 atom stereocenters. The fourth-order valence-corrected chi connectivity index (χ4v) is 5.76. The number of hydrogen-bond donors (Lipinski definition) is 1. The molecule has 1 unspecified atom stereocenters. The van der Waals surface area contributed by atoms with Crippen LogP contribution in [0.15, 0.2) is 46.1 Å². The molecular formula is C22H21N5O3S. The highest BCUT2D eigenvalue weighted by molar-refractivity contribution is 7.25. The monoisotopic (exact) mass is 435 g/mol. The summed E-state index contributed by atoms with van der Waals surface area (Å²) >= 11 is 1.32. The predicted octanol–water partition coefficient (Wildman–Crippen LogP) is 2.15. The van der Waals surface area contributed by atoms with Crippen molar-refractivity contribution in [1.82, 2.24) is 19.4 Å². The van der Waals surface area contributed by atoms with Crippen molar-refractivity contribution < 1.29 is 4.74 Å². The average Bonchev–Trinajstić information content (AvgIpc) is 3.15. The van der Waals surface area contributed by atoms with Crippen molar-refractivity contribution in [2.45, 2.75) is 19.6 Å². The van der Waals surface area contributed by atoms with Crippen LogP contribution in [0.5, 0.6) is 5.75 Å². The lowest BCUT2D eigenvalue weighted by molar-refractivity contribution is 0.137. The second kappa shape index (κ2) is 6.93. The lowest BCUT2D eigenvalue weighted by atomic mass is 10.1. The minimum Gasteiger partial charge on any atom is -0.489 e. The maximum absolute atomic E-state index is 13.1. The molecule has 8 nitrogen and oxygen atoms in total. The minimum absolute atomic E-state index is 0.189. The molecular weight excluding hydrogens is 414 g/mol. The van der Waals surface area contributed by atoms with Gasteiger partial charge in [0.1, 0.15) is 21.9 Å². The van der Waals surface area contributed by atoms with Gasteiger partial charge in [-0.15, -0.1) is 11.3 Å². The van der Waals surface area contributed by atoms with Crippen molar-refractivity contribution in [2.24, 2.45) is 0 Å². The molecule has 0 spiro atoms. The van der Waals surface area contributed by atoms with Crippen LogP contribution >= 0.6 is 11.3 Å². The number of hydrogen-bond acceptors (Lipinski definition) is 7. The maximum Gasteiger partial charge on any atom is 0.330 e. The molecule has 0 amide bonds. The molecule has 0 bridgehead atoms. The number of thiophene rings is 1. The van der Waals surface area contributed by atoms with Crippen molar-refractivity contribution in [3.63, 3.8) is 0 Å². The number of rotatable bonds is 2. The molecule has 2 aliphatic heterocycles. The van der Waals surface area contributed by atoms with E-state index >= 15 is 0 Å². The Hall–Kier alpha value is -3.17. The Balaban J connectivity index is 1.31. The van der Waals surface area contributed by atoms with Gasteiger partial charge in [-0.3, -0.25) is 9.69 Å². The van der Waals surface area contributed by atoms with Gasteiger partial charge in [-0.1, -0.05) is 12.1 Å². The molecule has 2 aliphatic rings. The Morgan fingerprint density at radius 3 is 3.03 bits per heavy atom. The van der Waals surface area contributed by atoms with Gasteiger partial charge in [0.05, 0.1) is 23.9 Å². The van der Waals surface area contributed by atoms with Crippen LogP contribution in [-0.4, -0.2) is 51.7 Å². The van der Waals surface area contributed by atoms with E-state index in [0.29, 0.717) is 16.8 Å². The Morgan fingerprint density at radius 1 is 1.23 bits per heavy atom. The van der Waals surface area contributed by atoms with E-state index in [9.17, 15) is 9.59 Å². The standard InChI is InChI=1S/C22H21N5O3S/c1-13-4-2-6-16-18(13)26-9-8-25(10-14(26)11-30-16)12-27-21(28)19-17(24-22(27)29)15-5-3-7-23-20(15)31-19/h2-7,14H,8-12H2,1H3,(H,24,29). The zero-order valence-corrected chi connectivity index (χ0v) is 17.8. The average molecular weight is 436 g/mol. The molecule has 4 aromatic rings. The van der Waals surface area contributed by atoms with E-state index in [1.165, 1.54) is 21.5 Å². The third-order valence-electron chi connectivity index (χ3n) is 6.21. The molecule has 31 heavy (non-hydrogen) atoms. The number of benzene rings is 1. The second-order valence-electron chi connectivity index (χ2n) is 8.12. The van der Waals surface area contributed by atoms with Crippen molar-refractivity contribution >= 4 is 37.5 Å². The number of nitrogens with one attached hydrogen (secondary N) is 1. The van der Waals surface area contributed by atoms with Crippen LogP contribution in [0.3, 0.4) is 0 Å². The second-order valence-corrected chi connectivity index (χ2v) is 9.12. The topological polar surface area (TPSA) is 83.5 Å². The number of nitrogens with zero attached hydrogens (tertiary/aromatic N) is 4. The van der Waals surface area contributed by atoms with Crippen LogP contribution in [-0.2, 0) is 6.67 Å². The molecule has 9 heteroatoms. The zero-order valence-electron chi connectivity index (χ0n) is 17.0. The van der Waals surface area contributed by atoms with Gasteiger partial charge in [-0.05, 0) is 30.7 Å². The van der Waals surface area contributed by atoms with Gasteiger partial charge < -0.3 is 14.6 Å². The molecule has 1 aromatic carbocycles. The van der Waals surface area contributed by atoms with Crippen LogP contribution in [0, 0.1) is 6.92 Å². The molecule has 1 N–H and O–H groups in total. The summed E-state index contributed by atoms with van der Waals surface area (Å²) in [6.45, 7) is 5.28. The number of pyridine rings is 1. The quantitative estimate of drug-likeness (QED) is 0.520. The number of ether oxygens (including phenoxy) is 1. The zero-order chi connectivity index (χ0) is 21.1. The Morgan fingerprint density at radius 2 is 2.13 bits per heavy atom. The highest BCUT2D eigenvalue weighted by Crippen LogP contribution is 2.37. The van der Waals surface area contributed by atoms with E-state index in [1.807, 2.05) is 24.3 Å². The van der Waals surface area contributed by atoms with Crippen molar-refractivity contribution in [1.29, 1.82) is 0 Å². The lowest BCUT2D eigenvalue weighted by Crippen LogP contribution is -2.58. The van der Waals surface area contributed by atoms with Gasteiger partial charge in [-0.25, -0.2) is 14.3 Å². The fourth-order valence-electron chi connectivity index (χ4n) is 4.71. The summed E-state index contributed by atoms with van der Waals surface area (Å²) in [5.74, 6) is 0.932. The van der Waals surface area contributed by atoms with Gasteiger partial charge in [0, 0.05) is 31.2 Å². The number of para-hydroxylation sites is 1. The van der Waals surface area contributed by atoms with Crippen LogP contribution in [0.2, 0.25) is 0 Å². The molecule has 5 heterocycles. The van der Waals surface area contributed by atoms with Crippen molar-refractivity contribution in [3.05, 3.63) is 62.9 Å². The third-order valence-corrected chi connectivity index (χ3v) is 7.31. The number of piperazine rings is 1. The van der Waals surface area contributed by atoms with E-state index in [0.717, 1.165) is 41.3 Å². The summed E-state index contributed by atoms with van der Waals surface area (Å²) in [6.07, 6.45) is 1.69. The van der Waals surface area contributed by atoms with Crippen LogP contribution in [0.25, 0.3) is 20.4 Å². The van der Waals surface area contributed by atoms with Crippen molar-refractivity contribution in [3.8, 4) is 5.75 Å². The number of fused-ring (bicyclic) bond motifs is 6. The van der Waals surface area contributed by atoms with Gasteiger partial charge in [0.15, 0.2) is 0 Å². The third kappa shape index (κ3) is 2.88. The van der Waals surface area contributed by atoms with E-state index in [2.05, 4.69) is 32.8 Å². The van der Waals surface area contributed by atoms with Crippen LogP contribution in [0.1, 0.15) is 5.56 Å². The molecule has 0 saturated carbocycles. The van der Waals surface area contributed by atoms with Gasteiger partial charge in [0.25, 0.3) is 5.56 Å². The minimum atomic E-state index is -0.385. The normalized spacial score (nSPS) is 18.7. The molecule has 0 aliphatic carbocycles.